The zero-order valence-corrected chi connectivity index (χ0v) is 8.18. The van der Waals surface area contributed by atoms with Crippen LogP contribution in [0.1, 0.15) is 19.8 Å². The number of nitrogens with zero attached hydrogens (tertiary/aromatic N) is 1. The highest BCUT2D eigenvalue weighted by Gasteiger charge is 2.32. The van der Waals surface area contributed by atoms with Crippen LogP contribution >= 0.6 is 12.2 Å². The molecule has 1 rings (SSSR count). The Kier molecular flexibility index (Phi) is 3.43. The summed E-state index contributed by atoms with van der Waals surface area (Å²) in [7, 11) is 0. The number of aliphatic hydroxyl groups excluding tert-OH is 1. The van der Waals surface area contributed by atoms with Crippen LogP contribution in [-0.4, -0.2) is 40.2 Å². The van der Waals surface area contributed by atoms with Crippen molar-refractivity contribution in [1.82, 2.24) is 4.90 Å². The van der Waals surface area contributed by atoms with Crippen molar-refractivity contribution < 1.29 is 5.11 Å². The fourth-order valence-electron chi connectivity index (χ4n) is 1.38. The van der Waals surface area contributed by atoms with Crippen molar-refractivity contribution in [3.05, 3.63) is 0 Å². The van der Waals surface area contributed by atoms with Crippen molar-refractivity contribution in [1.29, 1.82) is 0 Å². The van der Waals surface area contributed by atoms with E-state index in [9.17, 15) is 0 Å². The Bertz CT molecular complexity index is 170. The fourth-order valence-corrected chi connectivity index (χ4v) is 1.51. The number of nitrogens with two attached hydrogens (primary N) is 1. The van der Waals surface area contributed by atoms with Crippen LogP contribution in [0.4, 0.5) is 0 Å². The first-order chi connectivity index (χ1) is 5.66. The second kappa shape index (κ2) is 4.16. The molecule has 1 aliphatic carbocycles. The zero-order valence-electron chi connectivity index (χ0n) is 7.36. The maximum absolute atomic E-state index is 8.82. The van der Waals surface area contributed by atoms with Crippen LogP contribution in [0.15, 0.2) is 0 Å². The van der Waals surface area contributed by atoms with Gasteiger partial charge in [-0.05, 0) is 19.8 Å². The minimum absolute atomic E-state index is 0.125. The minimum Gasteiger partial charge on any atom is -0.395 e. The third-order valence-corrected chi connectivity index (χ3v) is 2.62. The molecule has 70 valence electrons. The SMILES string of the molecule is CC(C(N)=S)N(CCO)C1CC1. The Labute approximate surface area is 78.5 Å². The highest BCUT2D eigenvalue weighted by molar-refractivity contribution is 7.80. The van der Waals surface area contributed by atoms with E-state index in [1.807, 2.05) is 6.92 Å². The van der Waals surface area contributed by atoms with Crippen molar-refractivity contribution in [3.63, 3.8) is 0 Å². The van der Waals surface area contributed by atoms with Gasteiger partial charge in [-0.25, -0.2) is 0 Å². The number of rotatable bonds is 5. The Morgan fingerprint density at radius 3 is 2.67 bits per heavy atom. The predicted octanol–water partition coefficient (Wildman–Crippen LogP) is 0.118. The molecule has 0 heterocycles. The van der Waals surface area contributed by atoms with Crippen LogP contribution in [-0.2, 0) is 0 Å². The van der Waals surface area contributed by atoms with Gasteiger partial charge in [0.25, 0.3) is 0 Å². The van der Waals surface area contributed by atoms with Crippen molar-refractivity contribution in [2.75, 3.05) is 13.2 Å². The Morgan fingerprint density at radius 1 is 1.75 bits per heavy atom. The van der Waals surface area contributed by atoms with Crippen LogP contribution < -0.4 is 5.73 Å². The molecule has 0 radical (unpaired) electrons. The number of hydrogen-bond acceptors (Lipinski definition) is 3. The maximum atomic E-state index is 8.82. The first-order valence-corrected chi connectivity index (χ1v) is 4.73. The van der Waals surface area contributed by atoms with Gasteiger partial charge in [0, 0.05) is 12.6 Å². The lowest BCUT2D eigenvalue weighted by atomic mass is 10.2. The molecule has 1 fully saturated rings. The van der Waals surface area contributed by atoms with E-state index in [1.54, 1.807) is 0 Å². The number of aliphatic hydroxyl groups is 1. The maximum Gasteiger partial charge on any atom is 0.0899 e. The number of thiocarbonyl (C=S) groups is 1. The minimum atomic E-state index is 0.125. The van der Waals surface area contributed by atoms with E-state index in [4.69, 9.17) is 23.1 Å². The molecule has 0 amide bonds. The van der Waals surface area contributed by atoms with Crippen molar-refractivity contribution in [2.24, 2.45) is 5.73 Å². The third kappa shape index (κ3) is 2.40. The molecular weight excluding hydrogens is 172 g/mol. The van der Waals surface area contributed by atoms with E-state index < -0.39 is 0 Å². The average molecular weight is 188 g/mol. The molecule has 1 aliphatic rings. The molecule has 1 unspecified atom stereocenters. The molecule has 1 atom stereocenters. The van der Waals surface area contributed by atoms with E-state index >= 15 is 0 Å². The molecule has 0 aliphatic heterocycles. The molecule has 4 heteroatoms. The second-order valence-electron chi connectivity index (χ2n) is 3.27. The van der Waals surface area contributed by atoms with Gasteiger partial charge >= 0.3 is 0 Å². The van der Waals surface area contributed by atoms with E-state index in [0.29, 0.717) is 17.6 Å². The van der Waals surface area contributed by atoms with Crippen LogP contribution in [0.3, 0.4) is 0 Å². The lowest BCUT2D eigenvalue weighted by molar-refractivity contribution is 0.177. The van der Waals surface area contributed by atoms with Gasteiger partial charge in [0.15, 0.2) is 0 Å². The molecule has 0 spiro atoms. The fraction of sp³-hybridized carbons (Fsp3) is 0.875. The first-order valence-electron chi connectivity index (χ1n) is 4.32. The standard InChI is InChI=1S/C8H16N2OS/c1-6(8(9)12)10(4-5-11)7-2-3-7/h6-7,11H,2-5H2,1H3,(H2,9,12). The molecule has 12 heavy (non-hydrogen) atoms. The van der Waals surface area contributed by atoms with Crippen LogP contribution in [0.25, 0.3) is 0 Å². The lowest BCUT2D eigenvalue weighted by Crippen LogP contribution is -2.44. The molecule has 0 saturated heterocycles. The average Bonchev–Trinajstić information content (AvgIpc) is 2.81. The van der Waals surface area contributed by atoms with Gasteiger partial charge in [-0.2, -0.15) is 0 Å². The van der Waals surface area contributed by atoms with Crippen molar-refractivity contribution >= 4 is 17.2 Å². The third-order valence-electron chi connectivity index (χ3n) is 2.28. The van der Waals surface area contributed by atoms with E-state index in [0.717, 1.165) is 0 Å². The van der Waals surface area contributed by atoms with Gasteiger partial charge in [-0.15, -0.1) is 0 Å². The van der Waals surface area contributed by atoms with Gasteiger partial charge in [0.1, 0.15) is 0 Å². The lowest BCUT2D eigenvalue weighted by Gasteiger charge is -2.27. The van der Waals surface area contributed by atoms with Crippen LogP contribution in [0.5, 0.6) is 0 Å². The summed E-state index contributed by atoms with van der Waals surface area (Å²) in [6, 6.07) is 0.730. The summed E-state index contributed by atoms with van der Waals surface area (Å²) in [5.41, 5.74) is 5.54. The van der Waals surface area contributed by atoms with Gasteiger partial charge in [0.05, 0.1) is 17.6 Å². The van der Waals surface area contributed by atoms with Gasteiger partial charge in [-0.3, -0.25) is 4.90 Å². The van der Waals surface area contributed by atoms with Gasteiger partial charge < -0.3 is 10.8 Å². The highest BCUT2D eigenvalue weighted by atomic mass is 32.1. The van der Waals surface area contributed by atoms with Gasteiger partial charge in [-0.1, -0.05) is 12.2 Å². The highest BCUT2D eigenvalue weighted by Crippen LogP contribution is 2.28. The monoisotopic (exact) mass is 188 g/mol. The Morgan fingerprint density at radius 2 is 2.33 bits per heavy atom. The normalized spacial score (nSPS) is 19.6. The van der Waals surface area contributed by atoms with Crippen LogP contribution in [0, 0.1) is 0 Å². The zero-order chi connectivity index (χ0) is 9.14. The topological polar surface area (TPSA) is 49.5 Å². The molecular formula is C8H16N2OS. The van der Waals surface area contributed by atoms with E-state index in [2.05, 4.69) is 4.90 Å². The summed E-state index contributed by atoms with van der Waals surface area (Å²) in [5.74, 6) is 0. The van der Waals surface area contributed by atoms with Gasteiger partial charge in [0.2, 0.25) is 0 Å². The van der Waals surface area contributed by atoms with Crippen molar-refractivity contribution in [2.45, 2.75) is 31.8 Å². The first kappa shape index (κ1) is 9.89. The number of hydrogen-bond donors (Lipinski definition) is 2. The summed E-state index contributed by atoms with van der Waals surface area (Å²) in [6.45, 7) is 2.86. The van der Waals surface area contributed by atoms with Crippen LogP contribution in [0.2, 0.25) is 0 Å². The summed E-state index contributed by atoms with van der Waals surface area (Å²) in [6.07, 6.45) is 2.43. The molecule has 1 saturated carbocycles. The predicted molar refractivity (Wildman–Crippen MR) is 53.1 cm³/mol. The summed E-state index contributed by atoms with van der Waals surface area (Å²) in [4.78, 5) is 2.71. The quantitative estimate of drug-likeness (QED) is 0.602. The molecule has 0 aromatic rings. The summed E-state index contributed by atoms with van der Waals surface area (Å²) >= 11 is 4.91. The second-order valence-corrected chi connectivity index (χ2v) is 3.74. The molecule has 3 N–H and O–H groups in total. The molecule has 0 aromatic heterocycles. The Balaban J connectivity index is 2.45. The summed E-state index contributed by atoms with van der Waals surface area (Å²) in [5, 5.41) is 8.82. The summed E-state index contributed by atoms with van der Waals surface area (Å²) < 4.78 is 0. The van der Waals surface area contributed by atoms with E-state index in [1.165, 1.54) is 12.8 Å². The van der Waals surface area contributed by atoms with Crippen molar-refractivity contribution in [3.8, 4) is 0 Å². The smallest absolute Gasteiger partial charge is 0.0899 e. The molecule has 3 nitrogen and oxygen atoms in total. The largest absolute Gasteiger partial charge is 0.395 e. The molecule has 0 aromatic carbocycles. The molecule has 0 bridgehead atoms. The van der Waals surface area contributed by atoms with E-state index in [-0.39, 0.29) is 12.6 Å². The Hall–Kier alpha value is -0.190.